The molecule has 1 aliphatic rings. The first-order chi connectivity index (χ1) is 17.1. The van der Waals surface area contributed by atoms with Crippen LogP contribution in [0, 0.1) is 0 Å². The highest BCUT2D eigenvalue weighted by atomic mass is 16.5. The molecule has 1 N–H and O–H groups in total. The van der Waals surface area contributed by atoms with Crippen molar-refractivity contribution in [2.75, 3.05) is 20.8 Å². The number of ether oxygens (including phenoxy) is 2. The fraction of sp³-hybridized carbons (Fsp3) is 0.241. The Labute approximate surface area is 205 Å². The quantitative estimate of drug-likeness (QED) is 0.374. The van der Waals surface area contributed by atoms with Gasteiger partial charge in [0, 0.05) is 17.7 Å². The zero-order chi connectivity index (χ0) is 24.4. The van der Waals surface area contributed by atoms with E-state index in [4.69, 9.17) is 9.47 Å². The maximum absolute atomic E-state index is 13.6. The van der Waals surface area contributed by atoms with Crippen molar-refractivity contribution in [1.29, 1.82) is 0 Å². The first-order valence-electron chi connectivity index (χ1n) is 11.9. The average Bonchev–Trinajstić information content (AvgIpc) is 3.46. The van der Waals surface area contributed by atoms with Crippen molar-refractivity contribution >= 4 is 5.91 Å². The van der Waals surface area contributed by atoms with Gasteiger partial charge in [-0.15, -0.1) is 0 Å². The van der Waals surface area contributed by atoms with Crippen LogP contribution in [0.15, 0.2) is 72.8 Å². The van der Waals surface area contributed by atoms with Crippen LogP contribution in [0.5, 0.6) is 11.5 Å². The van der Waals surface area contributed by atoms with Crippen LogP contribution in [0.25, 0.3) is 11.3 Å². The Balaban J connectivity index is 1.52. The van der Waals surface area contributed by atoms with Gasteiger partial charge in [-0.3, -0.25) is 9.89 Å². The summed E-state index contributed by atoms with van der Waals surface area (Å²) in [7, 11) is 3.26. The van der Waals surface area contributed by atoms with E-state index in [1.165, 1.54) is 5.56 Å². The van der Waals surface area contributed by atoms with Gasteiger partial charge < -0.3 is 14.4 Å². The molecule has 1 atom stereocenters. The second-order valence-corrected chi connectivity index (χ2v) is 8.66. The minimum Gasteiger partial charge on any atom is -0.493 e. The first kappa shape index (κ1) is 22.7. The van der Waals surface area contributed by atoms with Crippen molar-refractivity contribution in [3.8, 4) is 22.8 Å². The Hall–Kier alpha value is -4.06. The Morgan fingerprint density at radius 2 is 1.63 bits per heavy atom. The number of hydrogen-bond acceptors (Lipinski definition) is 4. The fourth-order valence-corrected chi connectivity index (χ4v) is 4.81. The van der Waals surface area contributed by atoms with Gasteiger partial charge in [0.25, 0.3) is 5.91 Å². The van der Waals surface area contributed by atoms with E-state index in [-0.39, 0.29) is 11.9 Å². The lowest BCUT2D eigenvalue weighted by Crippen LogP contribution is -2.31. The zero-order valence-corrected chi connectivity index (χ0v) is 20.2. The number of benzene rings is 3. The average molecular weight is 468 g/mol. The largest absolute Gasteiger partial charge is 0.493 e. The number of hydrogen-bond donors (Lipinski definition) is 1. The van der Waals surface area contributed by atoms with Crippen LogP contribution in [0.2, 0.25) is 0 Å². The van der Waals surface area contributed by atoms with Gasteiger partial charge in [0.2, 0.25) is 0 Å². The molecule has 1 amide bonds. The third kappa shape index (κ3) is 4.16. The van der Waals surface area contributed by atoms with Crippen LogP contribution >= 0.6 is 0 Å². The third-order valence-corrected chi connectivity index (χ3v) is 6.70. The van der Waals surface area contributed by atoms with Gasteiger partial charge in [-0.05, 0) is 41.7 Å². The molecule has 0 spiro atoms. The molecule has 0 bridgehead atoms. The summed E-state index contributed by atoms with van der Waals surface area (Å²) in [6, 6.07) is 24.3. The van der Waals surface area contributed by atoms with Crippen molar-refractivity contribution in [2.24, 2.45) is 0 Å². The summed E-state index contributed by atoms with van der Waals surface area (Å²) < 4.78 is 10.8. The molecule has 0 saturated heterocycles. The molecule has 35 heavy (non-hydrogen) atoms. The predicted molar refractivity (Wildman–Crippen MR) is 136 cm³/mol. The number of fused-ring (bicyclic) bond motifs is 1. The summed E-state index contributed by atoms with van der Waals surface area (Å²) in [6.07, 6.45) is 1.66. The molecule has 1 aliphatic heterocycles. The van der Waals surface area contributed by atoms with Crippen LogP contribution < -0.4 is 9.47 Å². The molecular formula is C29H29N3O3. The van der Waals surface area contributed by atoms with Gasteiger partial charge in [-0.2, -0.15) is 5.10 Å². The Kier molecular flexibility index (Phi) is 6.27. The van der Waals surface area contributed by atoms with Crippen molar-refractivity contribution in [1.82, 2.24) is 15.1 Å². The number of carbonyl (C=O) groups excluding carboxylic acids is 1. The van der Waals surface area contributed by atoms with Crippen molar-refractivity contribution in [3.63, 3.8) is 0 Å². The van der Waals surface area contributed by atoms with Gasteiger partial charge in [-0.25, -0.2) is 0 Å². The van der Waals surface area contributed by atoms with E-state index in [1.54, 1.807) is 14.2 Å². The van der Waals surface area contributed by atoms with Crippen molar-refractivity contribution < 1.29 is 14.3 Å². The molecule has 0 fully saturated rings. The fourth-order valence-electron chi connectivity index (χ4n) is 4.81. The van der Waals surface area contributed by atoms with Crippen LogP contribution in [-0.4, -0.2) is 41.8 Å². The molecule has 1 unspecified atom stereocenters. The highest BCUT2D eigenvalue weighted by Crippen LogP contribution is 2.43. The summed E-state index contributed by atoms with van der Waals surface area (Å²) in [5, 5.41) is 7.60. The number of carbonyl (C=O) groups is 1. The lowest BCUT2D eigenvalue weighted by molar-refractivity contribution is 0.0746. The molecule has 1 aromatic heterocycles. The maximum Gasteiger partial charge on any atom is 0.273 e. The molecule has 0 saturated carbocycles. The molecule has 0 radical (unpaired) electrons. The number of aromatic nitrogens is 2. The van der Waals surface area contributed by atoms with Crippen LogP contribution in [0.4, 0.5) is 0 Å². The van der Waals surface area contributed by atoms with E-state index in [1.807, 2.05) is 53.4 Å². The second-order valence-electron chi connectivity index (χ2n) is 8.66. The number of rotatable bonds is 8. The van der Waals surface area contributed by atoms with Gasteiger partial charge in [0.05, 0.1) is 26.0 Å². The number of amides is 1. The topological polar surface area (TPSA) is 67.5 Å². The van der Waals surface area contributed by atoms with E-state index in [2.05, 4.69) is 41.4 Å². The monoisotopic (exact) mass is 467 g/mol. The summed E-state index contributed by atoms with van der Waals surface area (Å²) in [6.45, 7) is 2.70. The lowest BCUT2D eigenvalue weighted by atomic mass is 9.95. The smallest absolute Gasteiger partial charge is 0.273 e. The SMILES string of the molecule is CCc1ccc(C2c3c(-c4ccccc4)n[nH]c3C(=O)N2CCc2ccc(OC)c(OC)c2)cc1. The molecular weight excluding hydrogens is 438 g/mol. The third-order valence-electron chi connectivity index (χ3n) is 6.70. The van der Waals surface area contributed by atoms with Gasteiger partial charge >= 0.3 is 0 Å². The minimum absolute atomic E-state index is 0.0280. The molecule has 0 aliphatic carbocycles. The van der Waals surface area contributed by atoms with Crippen LogP contribution in [-0.2, 0) is 12.8 Å². The number of methoxy groups -OCH3 is 2. The van der Waals surface area contributed by atoms with E-state index in [9.17, 15) is 4.79 Å². The maximum atomic E-state index is 13.6. The van der Waals surface area contributed by atoms with Gasteiger partial charge in [0.15, 0.2) is 11.5 Å². The molecule has 6 heteroatoms. The van der Waals surface area contributed by atoms with Crippen LogP contribution in [0.1, 0.15) is 45.7 Å². The highest BCUT2D eigenvalue weighted by Gasteiger charge is 2.41. The van der Waals surface area contributed by atoms with Crippen LogP contribution in [0.3, 0.4) is 0 Å². The predicted octanol–water partition coefficient (Wildman–Crippen LogP) is 5.44. The lowest BCUT2D eigenvalue weighted by Gasteiger charge is -2.27. The summed E-state index contributed by atoms with van der Waals surface area (Å²) >= 11 is 0. The molecule has 5 rings (SSSR count). The second kappa shape index (κ2) is 9.66. The number of aromatic amines is 1. The van der Waals surface area contributed by atoms with Gasteiger partial charge in [0.1, 0.15) is 5.69 Å². The molecule has 3 aromatic carbocycles. The molecule has 6 nitrogen and oxygen atoms in total. The molecule has 178 valence electrons. The van der Waals surface area contributed by atoms with E-state index >= 15 is 0 Å². The van der Waals surface area contributed by atoms with E-state index < -0.39 is 0 Å². The van der Waals surface area contributed by atoms with Gasteiger partial charge in [-0.1, -0.05) is 67.6 Å². The number of nitrogens with one attached hydrogen (secondary N) is 1. The Bertz CT molecular complexity index is 1330. The molecule has 4 aromatic rings. The first-order valence-corrected chi connectivity index (χ1v) is 11.9. The summed E-state index contributed by atoms with van der Waals surface area (Å²) in [5.74, 6) is 1.35. The summed E-state index contributed by atoms with van der Waals surface area (Å²) in [4.78, 5) is 15.6. The number of aryl methyl sites for hydroxylation is 1. The normalized spacial score (nSPS) is 14.8. The number of H-pyrrole nitrogens is 1. The standard InChI is InChI=1S/C29H29N3O3/c1-4-19-10-13-22(14-11-19)28-25-26(21-8-6-5-7-9-21)30-31-27(25)29(33)32(28)17-16-20-12-15-23(34-2)24(18-20)35-3/h5-15,18,28H,4,16-17H2,1-3H3,(H,30,31). The van der Waals surface area contributed by atoms with E-state index in [0.29, 0.717) is 30.2 Å². The highest BCUT2D eigenvalue weighted by molar-refractivity contribution is 6.00. The number of nitrogens with zero attached hydrogens (tertiary/aromatic N) is 2. The van der Waals surface area contributed by atoms with Crippen molar-refractivity contribution in [2.45, 2.75) is 25.8 Å². The van der Waals surface area contributed by atoms with Crippen molar-refractivity contribution in [3.05, 3.63) is 101 Å². The minimum atomic E-state index is -0.211. The Morgan fingerprint density at radius 1 is 0.914 bits per heavy atom. The molecule has 2 heterocycles. The Morgan fingerprint density at radius 3 is 2.31 bits per heavy atom. The summed E-state index contributed by atoms with van der Waals surface area (Å²) in [5.41, 5.74) is 6.76. The van der Waals surface area contributed by atoms with E-state index in [0.717, 1.165) is 34.4 Å². The zero-order valence-electron chi connectivity index (χ0n) is 20.2.